The van der Waals surface area contributed by atoms with Crippen molar-refractivity contribution in [3.05, 3.63) is 60.0 Å². The molecule has 178 valence electrons. The third-order valence-electron chi connectivity index (χ3n) is 7.79. The van der Waals surface area contributed by atoms with Crippen LogP contribution in [0.15, 0.2) is 60.0 Å². The molecule has 1 aliphatic heterocycles. The van der Waals surface area contributed by atoms with Gasteiger partial charge in [-0.1, -0.05) is 12.1 Å². The van der Waals surface area contributed by atoms with Crippen LogP contribution in [0.5, 0.6) is 0 Å². The van der Waals surface area contributed by atoms with Gasteiger partial charge in [-0.05, 0) is 86.6 Å². The Labute approximate surface area is 199 Å². The Morgan fingerprint density at radius 2 is 1.59 bits per heavy atom. The number of methoxy groups -OCH3 is 2. The normalized spacial score (nSPS) is 29.1. The maximum Gasteiger partial charge on any atom is 0.355 e. The molecule has 0 radical (unpaired) electrons. The van der Waals surface area contributed by atoms with Gasteiger partial charge >= 0.3 is 11.9 Å². The SMILES string of the molecule is COC(=O)C1=C(C(=O)OC)N(c2cccc(NC(=O)C34CC5CC(CC(C5)C3)C4)c2)C=CC=C1. The number of nitrogens with zero attached hydrogens (tertiary/aromatic N) is 1. The van der Waals surface area contributed by atoms with Gasteiger partial charge in [0.25, 0.3) is 0 Å². The zero-order chi connectivity index (χ0) is 23.9. The van der Waals surface area contributed by atoms with Gasteiger partial charge in [-0.2, -0.15) is 0 Å². The van der Waals surface area contributed by atoms with Crippen molar-refractivity contribution in [2.45, 2.75) is 38.5 Å². The fraction of sp³-hybridized carbons (Fsp3) is 0.444. The maximum atomic E-state index is 13.5. The van der Waals surface area contributed by atoms with Crippen molar-refractivity contribution in [2.24, 2.45) is 23.2 Å². The van der Waals surface area contributed by atoms with E-state index < -0.39 is 11.9 Å². The summed E-state index contributed by atoms with van der Waals surface area (Å²) in [6.07, 6.45) is 13.4. The molecule has 0 atom stereocenters. The molecule has 4 saturated carbocycles. The summed E-state index contributed by atoms with van der Waals surface area (Å²) in [5.41, 5.74) is 1.15. The summed E-state index contributed by atoms with van der Waals surface area (Å²) in [7, 11) is 2.53. The zero-order valence-electron chi connectivity index (χ0n) is 19.6. The van der Waals surface area contributed by atoms with Crippen molar-refractivity contribution in [1.29, 1.82) is 0 Å². The molecule has 4 aliphatic carbocycles. The van der Waals surface area contributed by atoms with Gasteiger partial charge in [0, 0.05) is 17.6 Å². The molecule has 1 heterocycles. The van der Waals surface area contributed by atoms with E-state index in [1.54, 1.807) is 23.3 Å². The second-order valence-electron chi connectivity index (χ2n) is 10.0. The van der Waals surface area contributed by atoms with Crippen LogP contribution in [-0.2, 0) is 23.9 Å². The summed E-state index contributed by atoms with van der Waals surface area (Å²) in [4.78, 5) is 40.2. The molecule has 7 nitrogen and oxygen atoms in total. The quantitative estimate of drug-likeness (QED) is 0.656. The molecule has 0 saturated heterocycles. The number of nitrogens with one attached hydrogen (secondary N) is 1. The Kier molecular flexibility index (Phi) is 5.80. The first kappa shape index (κ1) is 22.4. The monoisotopic (exact) mass is 462 g/mol. The Morgan fingerprint density at radius 1 is 0.941 bits per heavy atom. The summed E-state index contributed by atoms with van der Waals surface area (Å²) >= 11 is 0. The average Bonchev–Trinajstić information content (AvgIpc) is 3.05. The summed E-state index contributed by atoms with van der Waals surface area (Å²) < 4.78 is 9.85. The molecule has 6 rings (SSSR count). The van der Waals surface area contributed by atoms with Crippen LogP contribution in [0.1, 0.15) is 38.5 Å². The smallest absolute Gasteiger partial charge is 0.355 e. The number of amides is 1. The van der Waals surface area contributed by atoms with Gasteiger partial charge < -0.3 is 19.7 Å². The largest absolute Gasteiger partial charge is 0.465 e. The van der Waals surface area contributed by atoms with Crippen molar-refractivity contribution in [3.8, 4) is 0 Å². The number of ether oxygens (including phenoxy) is 2. The van der Waals surface area contributed by atoms with E-state index in [2.05, 4.69) is 5.32 Å². The molecular formula is C27H30N2O5. The van der Waals surface area contributed by atoms with Crippen molar-refractivity contribution in [2.75, 3.05) is 24.4 Å². The van der Waals surface area contributed by atoms with Gasteiger partial charge in [0.2, 0.25) is 5.91 Å². The standard InChI is InChI=1S/C27H30N2O5/c1-33-24(30)22-8-3-4-9-29(23(22)25(31)34-2)21-7-5-6-20(13-21)28-26(32)27-14-17-10-18(15-27)12-19(11-17)16-27/h3-9,13,17-19H,10-12,14-16H2,1-2H3,(H,28,32). The summed E-state index contributed by atoms with van der Waals surface area (Å²) in [5, 5.41) is 3.17. The molecule has 4 fully saturated rings. The van der Waals surface area contributed by atoms with Gasteiger partial charge in [0.15, 0.2) is 0 Å². The van der Waals surface area contributed by atoms with Crippen molar-refractivity contribution in [1.82, 2.24) is 0 Å². The van der Waals surface area contributed by atoms with Gasteiger partial charge in [-0.3, -0.25) is 4.79 Å². The molecule has 7 heteroatoms. The molecule has 1 N–H and O–H groups in total. The molecule has 1 amide bonds. The first-order chi connectivity index (χ1) is 16.4. The Morgan fingerprint density at radius 3 is 2.21 bits per heavy atom. The van der Waals surface area contributed by atoms with Crippen LogP contribution in [0.25, 0.3) is 0 Å². The first-order valence-corrected chi connectivity index (χ1v) is 11.9. The second-order valence-corrected chi connectivity index (χ2v) is 10.0. The van der Waals surface area contributed by atoms with E-state index in [1.165, 1.54) is 39.6 Å². The molecule has 1 aromatic carbocycles. The molecule has 0 unspecified atom stereocenters. The topological polar surface area (TPSA) is 84.9 Å². The van der Waals surface area contributed by atoms with Gasteiger partial charge in [0.1, 0.15) is 5.70 Å². The number of rotatable bonds is 5. The van der Waals surface area contributed by atoms with E-state index in [1.807, 2.05) is 24.3 Å². The van der Waals surface area contributed by atoms with E-state index in [9.17, 15) is 14.4 Å². The highest BCUT2D eigenvalue weighted by atomic mass is 16.5. The van der Waals surface area contributed by atoms with Crippen molar-refractivity contribution in [3.63, 3.8) is 0 Å². The lowest BCUT2D eigenvalue weighted by atomic mass is 9.49. The molecule has 4 bridgehead atoms. The average molecular weight is 463 g/mol. The van der Waals surface area contributed by atoms with Crippen molar-refractivity contribution >= 4 is 29.2 Å². The third-order valence-corrected chi connectivity index (χ3v) is 7.79. The first-order valence-electron chi connectivity index (χ1n) is 11.9. The van der Waals surface area contributed by atoms with E-state index in [0.717, 1.165) is 19.3 Å². The molecule has 0 aromatic heterocycles. The summed E-state index contributed by atoms with van der Waals surface area (Å²) in [6.45, 7) is 0. The highest BCUT2D eigenvalue weighted by Crippen LogP contribution is 2.60. The third kappa shape index (κ3) is 3.93. The highest BCUT2D eigenvalue weighted by molar-refractivity contribution is 6.05. The van der Waals surface area contributed by atoms with Crippen LogP contribution >= 0.6 is 0 Å². The lowest BCUT2D eigenvalue weighted by molar-refractivity contribution is -0.140. The van der Waals surface area contributed by atoms with Crippen LogP contribution in [0.3, 0.4) is 0 Å². The number of hydrogen-bond acceptors (Lipinski definition) is 6. The van der Waals surface area contributed by atoms with Gasteiger partial charge in [-0.15, -0.1) is 0 Å². The van der Waals surface area contributed by atoms with Crippen LogP contribution < -0.4 is 10.2 Å². The predicted molar refractivity (Wildman–Crippen MR) is 127 cm³/mol. The van der Waals surface area contributed by atoms with Crippen LogP contribution in [0.4, 0.5) is 11.4 Å². The Hall–Kier alpha value is -3.35. The lowest BCUT2D eigenvalue weighted by Crippen LogP contribution is -2.51. The fourth-order valence-electron chi connectivity index (χ4n) is 6.75. The molecular weight excluding hydrogens is 432 g/mol. The predicted octanol–water partition coefficient (Wildman–Crippen LogP) is 4.33. The number of anilines is 2. The summed E-state index contributed by atoms with van der Waals surface area (Å²) in [6, 6.07) is 7.30. The minimum atomic E-state index is -0.667. The molecule has 34 heavy (non-hydrogen) atoms. The fourth-order valence-corrected chi connectivity index (χ4v) is 6.75. The van der Waals surface area contributed by atoms with E-state index in [0.29, 0.717) is 29.1 Å². The number of carbonyl (C=O) groups excluding carboxylic acids is 3. The molecule has 0 spiro atoms. The van der Waals surface area contributed by atoms with Crippen LogP contribution in [-0.4, -0.2) is 32.1 Å². The minimum Gasteiger partial charge on any atom is -0.465 e. The molecule has 5 aliphatic rings. The van der Waals surface area contributed by atoms with Crippen molar-refractivity contribution < 1.29 is 23.9 Å². The second kappa shape index (κ2) is 8.78. The summed E-state index contributed by atoms with van der Waals surface area (Å²) in [5.74, 6) is 0.847. The van der Waals surface area contributed by atoms with Crippen LogP contribution in [0.2, 0.25) is 0 Å². The van der Waals surface area contributed by atoms with Gasteiger partial charge in [-0.25, -0.2) is 9.59 Å². The molecule has 1 aromatic rings. The Balaban J connectivity index is 1.44. The minimum absolute atomic E-state index is 0.0453. The van der Waals surface area contributed by atoms with Gasteiger partial charge in [0.05, 0.1) is 25.2 Å². The maximum absolute atomic E-state index is 13.5. The van der Waals surface area contributed by atoms with E-state index in [-0.39, 0.29) is 22.6 Å². The zero-order valence-corrected chi connectivity index (χ0v) is 19.6. The number of allylic oxidation sites excluding steroid dienone is 2. The number of benzene rings is 1. The lowest BCUT2D eigenvalue weighted by Gasteiger charge is -2.55. The van der Waals surface area contributed by atoms with E-state index in [4.69, 9.17) is 9.47 Å². The number of esters is 2. The number of carbonyl (C=O) groups is 3. The van der Waals surface area contributed by atoms with E-state index >= 15 is 0 Å². The van der Waals surface area contributed by atoms with Crippen LogP contribution in [0, 0.1) is 23.2 Å². The number of hydrogen-bond donors (Lipinski definition) is 1. The highest BCUT2D eigenvalue weighted by Gasteiger charge is 2.54. The Bertz CT molecular complexity index is 1080.